The van der Waals surface area contributed by atoms with Gasteiger partial charge in [-0.3, -0.25) is 4.68 Å². The lowest BCUT2D eigenvalue weighted by Crippen LogP contribution is -2.34. The van der Waals surface area contributed by atoms with Gasteiger partial charge >= 0.3 is 0 Å². The van der Waals surface area contributed by atoms with E-state index in [1.54, 1.807) is 0 Å². The Labute approximate surface area is 119 Å². The summed E-state index contributed by atoms with van der Waals surface area (Å²) < 4.78 is 4.11. The molecule has 0 aromatic carbocycles. The minimum Gasteiger partial charge on any atom is -0.312 e. The molecule has 1 atom stereocenters. The molecule has 1 aliphatic heterocycles. The number of hydrogen-bond donors (Lipinski definition) is 1. The average molecular weight is 274 g/mol. The monoisotopic (exact) mass is 274 g/mol. The van der Waals surface area contributed by atoms with E-state index >= 15 is 0 Å². The summed E-state index contributed by atoms with van der Waals surface area (Å²) in [7, 11) is 1.94. The summed E-state index contributed by atoms with van der Waals surface area (Å²) in [4.78, 5) is 0. The van der Waals surface area contributed by atoms with Crippen LogP contribution < -0.4 is 5.32 Å². The highest BCUT2D eigenvalue weighted by molar-refractivity contribution is 5.21. The third-order valence-electron chi connectivity index (χ3n) is 3.86. The van der Waals surface area contributed by atoms with Gasteiger partial charge in [-0.05, 0) is 6.42 Å². The van der Waals surface area contributed by atoms with Crippen LogP contribution in [0.3, 0.4) is 0 Å². The lowest BCUT2D eigenvalue weighted by molar-refractivity contribution is 0.445. The second-order valence-corrected chi connectivity index (χ2v) is 5.42. The Morgan fingerprint density at radius 2 is 2.25 bits per heavy atom. The summed E-state index contributed by atoms with van der Waals surface area (Å²) in [6, 6.07) is 0.116. The second-order valence-electron chi connectivity index (χ2n) is 5.42. The number of aromatic nitrogens is 5. The van der Waals surface area contributed by atoms with Crippen molar-refractivity contribution in [2.75, 3.05) is 6.54 Å². The van der Waals surface area contributed by atoms with Gasteiger partial charge in [0.25, 0.3) is 0 Å². The van der Waals surface area contributed by atoms with Crippen LogP contribution in [-0.2, 0) is 20.0 Å². The van der Waals surface area contributed by atoms with Crippen LogP contribution in [0.1, 0.15) is 49.4 Å². The molecule has 0 radical (unpaired) electrons. The quantitative estimate of drug-likeness (QED) is 0.838. The Kier molecular flexibility index (Phi) is 3.82. The minimum absolute atomic E-state index is 0.116. The van der Waals surface area contributed by atoms with E-state index in [9.17, 15) is 0 Å². The van der Waals surface area contributed by atoms with Crippen LogP contribution in [0.4, 0.5) is 0 Å². The Morgan fingerprint density at radius 1 is 1.35 bits per heavy atom. The highest BCUT2D eigenvalue weighted by atomic mass is 15.3. The summed E-state index contributed by atoms with van der Waals surface area (Å²) in [5, 5.41) is 16.6. The fraction of sp³-hybridized carbons (Fsp3) is 0.643. The maximum absolute atomic E-state index is 4.42. The fourth-order valence-electron chi connectivity index (χ4n) is 2.79. The molecule has 20 heavy (non-hydrogen) atoms. The van der Waals surface area contributed by atoms with Crippen molar-refractivity contribution in [2.45, 2.75) is 45.2 Å². The molecule has 3 rings (SSSR count). The maximum atomic E-state index is 4.42. The molecule has 1 aliphatic rings. The predicted molar refractivity (Wildman–Crippen MR) is 76.3 cm³/mol. The van der Waals surface area contributed by atoms with Crippen molar-refractivity contribution >= 4 is 0 Å². The van der Waals surface area contributed by atoms with Crippen molar-refractivity contribution in [2.24, 2.45) is 7.05 Å². The van der Waals surface area contributed by atoms with Crippen molar-refractivity contribution in [3.05, 3.63) is 29.6 Å². The van der Waals surface area contributed by atoms with Gasteiger partial charge in [0.2, 0.25) is 0 Å². The van der Waals surface area contributed by atoms with Gasteiger partial charge < -0.3 is 9.88 Å². The molecule has 2 aromatic rings. The molecule has 6 heteroatoms. The van der Waals surface area contributed by atoms with Crippen molar-refractivity contribution < 1.29 is 0 Å². The van der Waals surface area contributed by atoms with Crippen LogP contribution in [0.2, 0.25) is 0 Å². The minimum atomic E-state index is 0.116. The van der Waals surface area contributed by atoms with Gasteiger partial charge in [-0.2, -0.15) is 5.10 Å². The van der Waals surface area contributed by atoms with Crippen molar-refractivity contribution in [3.8, 4) is 0 Å². The van der Waals surface area contributed by atoms with E-state index in [-0.39, 0.29) is 6.04 Å². The van der Waals surface area contributed by atoms with Crippen molar-refractivity contribution in [1.82, 2.24) is 29.9 Å². The van der Waals surface area contributed by atoms with Gasteiger partial charge in [-0.15, -0.1) is 10.2 Å². The number of nitrogens with one attached hydrogen (secondary N) is 1. The second kappa shape index (κ2) is 5.75. The molecule has 0 bridgehead atoms. The van der Waals surface area contributed by atoms with Gasteiger partial charge in [0.1, 0.15) is 5.82 Å². The summed E-state index contributed by atoms with van der Waals surface area (Å²) in [5.74, 6) is 2.15. The third-order valence-corrected chi connectivity index (χ3v) is 3.86. The molecule has 0 amide bonds. The van der Waals surface area contributed by atoms with Crippen molar-refractivity contribution in [1.29, 1.82) is 0 Å². The molecule has 0 aliphatic carbocycles. The van der Waals surface area contributed by atoms with E-state index in [0.717, 1.165) is 36.7 Å². The third kappa shape index (κ3) is 2.47. The molecule has 0 fully saturated rings. The molecule has 3 heterocycles. The van der Waals surface area contributed by atoms with Crippen LogP contribution in [0.15, 0.2) is 12.4 Å². The smallest absolute Gasteiger partial charge is 0.154 e. The van der Waals surface area contributed by atoms with Crippen LogP contribution in [0.25, 0.3) is 0 Å². The highest BCUT2D eigenvalue weighted by Crippen LogP contribution is 2.24. The van der Waals surface area contributed by atoms with Crippen molar-refractivity contribution in [3.63, 3.8) is 0 Å². The van der Waals surface area contributed by atoms with Gasteiger partial charge in [-0.1, -0.05) is 19.8 Å². The van der Waals surface area contributed by atoms with Gasteiger partial charge in [-0.25, -0.2) is 0 Å². The van der Waals surface area contributed by atoms with E-state index in [0.29, 0.717) is 0 Å². The normalized spacial score (nSPS) is 18.2. The Morgan fingerprint density at radius 3 is 3.00 bits per heavy atom. The molecule has 0 saturated carbocycles. The number of aryl methyl sites for hydroxylation is 2. The summed E-state index contributed by atoms with van der Waals surface area (Å²) >= 11 is 0. The SMILES string of the molecule is CCCCCc1nnc2n1CCNC2c1cnn(C)c1. The average Bonchev–Trinajstić information content (AvgIpc) is 3.06. The summed E-state index contributed by atoms with van der Waals surface area (Å²) in [6.07, 6.45) is 8.66. The predicted octanol–water partition coefficient (Wildman–Crippen LogP) is 1.44. The van der Waals surface area contributed by atoms with Gasteiger partial charge in [0.15, 0.2) is 5.82 Å². The first-order chi connectivity index (χ1) is 9.79. The van der Waals surface area contributed by atoms with E-state index in [1.165, 1.54) is 19.3 Å². The molecule has 0 spiro atoms. The van der Waals surface area contributed by atoms with Crippen LogP contribution in [0, 0.1) is 0 Å². The zero-order valence-corrected chi connectivity index (χ0v) is 12.2. The Hall–Kier alpha value is -1.69. The molecule has 6 nitrogen and oxygen atoms in total. The molecule has 2 aromatic heterocycles. The lowest BCUT2D eigenvalue weighted by atomic mass is 10.1. The standard InChI is InChI=1S/C14H22N6/c1-3-4-5-6-12-17-18-14-13(15-7-8-20(12)14)11-9-16-19(2)10-11/h9-10,13,15H,3-8H2,1-2H3. The molecular weight excluding hydrogens is 252 g/mol. The van der Waals surface area contributed by atoms with Crippen LogP contribution in [0.5, 0.6) is 0 Å². The van der Waals surface area contributed by atoms with Crippen LogP contribution in [-0.4, -0.2) is 31.1 Å². The zero-order valence-electron chi connectivity index (χ0n) is 12.2. The number of hydrogen-bond acceptors (Lipinski definition) is 4. The number of rotatable bonds is 5. The largest absolute Gasteiger partial charge is 0.312 e. The lowest BCUT2D eigenvalue weighted by Gasteiger charge is -2.24. The summed E-state index contributed by atoms with van der Waals surface area (Å²) in [6.45, 7) is 4.13. The van der Waals surface area contributed by atoms with Gasteiger partial charge in [0, 0.05) is 38.3 Å². The maximum Gasteiger partial charge on any atom is 0.154 e. The topological polar surface area (TPSA) is 60.6 Å². The van der Waals surface area contributed by atoms with E-state index in [4.69, 9.17) is 0 Å². The molecule has 1 unspecified atom stereocenters. The zero-order chi connectivity index (χ0) is 13.9. The number of nitrogens with zero attached hydrogens (tertiary/aromatic N) is 5. The first-order valence-electron chi connectivity index (χ1n) is 7.43. The molecule has 1 N–H and O–H groups in total. The molecular formula is C14H22N6. The van der Waals surface area contributed by atoms with E-state index in [2.05, 4.69) is 32.1 Å². The highest BCUT2D eigenvalue weighted by Gasteiger charge is 2.26. The fourth-order valence-corrected chi connectivity index (χ4v) is 2.79. The van der Waals surface area contributed by atoms with E-state index < -0.39 is 0 Å². The van der Waals surface area contributed by atoms with E-state index in [1.807, 2.05) is 24.1 Å². The molecule has 108 valence electrons. The number of fused-ring (bicyclic) bond motifs is 1. The first kappa shape index (κ1) is 13.3. The Balaban J connectivity index is 1.83. The molecule has 0 saturated heterocycles. The first-order valence-corrected chi connectivity index (χ1v) is 7.43. The Bertz CT molecular complexity index is 570. The van der Waals surface area contributed by atoms with Crippen LogP contribution >= 0.6 is 0 Å². The summed E-state index contributed by atoms with van der Waals surface area (Å²) in [5.41, 5.74) is 1.15. The number of unbranched alkanes of at least 4 members (excludes halogenated alkanes) is 2. The van der Waals surface area contributed by atoms with Gasteiger partial charge in [0.05, 0.1) is 12.2 Å².